The first-order chi connectivity index (χ1) is 8.02. The van der Waals surface area contributed by atoms with E-state index < -0.39 is 0 Å². The first-order valence-corrected chi connectivity index (χ1v) is 6.69. The molecule has 0 aliphatic carbocycles. The van der Waals surface area contributed by atoms with Crippen LogP contribution in [0.5, 0.6) is 0 Å². The SMILES string of the molecule is Cc1cc(F)cc(NC2=NC(C)CC(C)S2)c1. The van der Waals surface area contributed by atoms with Crippen LogP contribution in [0.25, 0.3) is 0 Å². The smallest absolute Gasteiger partial charge is 0.161 e. The largest absolute Gasteiger partial charge is 0.335 e. The number of nitrogens with one attached hydrogen (secondary N) is 1. The van der Waals surface area contributed by atoms with Crippen molar-refractivity contribution in [3.05, 3.63) is 29.6 Å². The highest BCUT2D eigenvalue weighted by Gasteiger charge is 2.18. The lowest BCUT2D eigenvalue weighted by atomic mass is 10.2. The van der Waals surface area contributed by atoms with Gasteiger partial charge in [-0.05, 0) is 44.0 Å². The van der Waals surface area contributed by atoms with Crippen molar-refractivity contribution in [3.63, 3.8) is 0 Å². The summed E-state index contributed by atoms with van der Waals surface area (Å²) in [6.07, 6.45) is 1.10. The Hall–Kier alpha value is -1.03. The molecule has 0 aromatic heterocycles. The molecule has 2 rings (SSSR count). The second kappa shape index (κ2) is 5.08. The minimum atomic E-state index is -0.213. The molecule has 0 saturated heterocycles. The van der Waals surface area contributed by atoms with E-state index >= 15 is 0 Å². The van der Waals surface area contributed by atoms with Crippen LogP contribution < -0.4 is 5.32 Å². The van der Waals surface area contributed by atoms with Crippen LogP contribution in [0.3, 0.4) is 0 Å². The number of hydrogen-bond donors (Lipinski definition) is 1. The third kappa shape index (κ3) is 3.46. The van der Waals surface area contributed by atoms with Crippen LogP contribution in [0.4, 0.5) is 10.1 Å². The van der Waals surface area contributed by atoms with E-state index in [0.717, 1.165) is 22.8 Å². The third-order valence-corrected chi connectivity index (χ3v) is 3.64. The summed E-state index contributed by atoms with van der Waals surface area (Å²) in [7, 11) is 0. The third-order valence-electron chi connectivity index (χ3n) is 2.62. The summed E-state index contributed by atoms with van der Waals surface area (Å²) in [5.41, 5.74) is 1.69. The van der Waals surface area contributed by atoms with Crippen molar-refractivity contribution < 1.29 is 4.39 Å². The fraction of sp³-hybridized carbons (Fsp3) is 0.462. The number of amidine groups is 1. The van der Waals surface area contributed by atoms with E-state index in [4.69, 9.17) is 0 Å². The summed E-state index contributed by atoms with van der Waals surface area (Å²) in [4.78, 5) is 4.53. The lowest BCUT2D eigenvalue weighted by molar-refractivity contribution is 0.627. The van der Waals surface area contributed by atoms with Crippen molar-refractivity contribution in [1.82, 2.24) is 0 Å². The van der Waals surface area contributed by atoms with Crippen molar-refractivity contribution in [2.24, 2.45) is 4.99 Å². The number of anilines is 1. The second-order valence-corrected chi connectivity index (χ2v) is 6.02. The molecule has 92 valence electrons. The van der Waals surface area contributed by atoms with Crippen LogP contribution in [0.2, 0.25) is 0 Å². The summed E-state index contributed by atoms with van der Waals surface area (Å²) in [6.45, 7) is 6.18. The fourth-order valence-electron chi connectivity index (χ4n) is 2.00. The lowest BCUT2D eigenvalue weighted by Crippen LogP contribution is -2.22. The van der Waals surface area contributed by atoms with Crippen LogP contribution in [0, 0.1) is 12.7 Å². The van der Waals surface area contributed by atoms with Gasteiger partial charge in [-0.2, -0.15) is 0 Å². The van der Waals surface area contributed by atoms with Gasteiger partial charge in [-0.1, -0.05) is 18.7 Å². The van der Waals surface area contributed by atoms with E-state index in [1.165, 1.54) is 12.1 Å². The van der Waals surface area contributed by atoms with E-state index in [9.17, 15) is 4.39 Å². The van der Waals surface area contributed by atoms with Gasteiger partial charge < -0.3 is 5.32 Å². The van der Waals surface area contributed by atoms with Crippen LogP contribution in [-0.4, -0.2) is 16.5 Å². The van der Waals surface area contributed by atoms with E-state index in [1.54, 1.807) is 11.8 Å². The summed E-state index contributed by atoms with van der Waals surface area (Å²) in [5, 5.41) is 4.64. The van der Waals surface area contributed by atoms with Crippen LogP contribution in [0.1, 0.15) is 25.8 Å². The minimum absolute atomic E-state index is 0.213. The maximum absolute atomic E-state index is 13.2. The quantitative estimate of drug-likeness (QED) is 0.821. The molecular weight excluding hydrogens is 235 g/mol. The number of halogens is 1. The molecule has 1 aliphatic heterocycles. The molecule has 1 aromatic carbocycles. The molecule has 2 atom stereocenters. The van der Waals surface area contributed by atoms with Crippen LogP contribution in [-0.2, 0) is 0 Å². The van der Waals surface area contributed by atoms with Crippen LogP contribution in [0.15, 0.2) is 23.2 Å². The topological polar surface area (TPSA) is 24.4 Å². The molecule has 0 amide bonds. The molecule has 2 nitrogen and oxygen atoms in total. The Labute approximate surface area is 106 Å². The maximum atomic E-state index is 13.2. The Morgan fingerprint density at radius 3 is 2.76 bits per heavy atom. The van der Waals surface area contributed by atoms with Gasteiger partial charge in [-0.25, -0.2) is 4.39 Å². The maximum Gasteiger partial charge on any atom is 0.161 e. The van der Waals surface area contributed by atoms with Gasteiger partial charge in [0.25, 0.3) is 0 Å². The Bertz CT molecular complexity index is 425. The number of aliphatic imine (C=N–C) groups is 1. The summed E-state index contributed by atoms with van der Waals surface area (Å²) in [6, 6.07) is 5.28. The number of thioether (sulfide) groups is 1. The zero-order valence-corrected chi connectivity index (χ0v) is 11.1. The average Bonchev–Trinajstić information content (AvgIpc) is 2.13. The number of rotatable bonds is 1. The highest BCUT2D eigenvalue weighted by Crippen LogP contribution is 2.26. The van der Waals surface area contributed by atoms with Gasteiger partial charge in [0.1, 0.15) is 5.82 Å². The predicted octanol–water partition coefficient (Wildman–Crippen LogP) is 3.82. The molecule has 0 spiro atoms. The number of hydrogen-bond acceptors (Lipinski definition) is 3. The fourth-order valence-corrected chi connectivity index (χ4v) is 3.17. The van der Waals surface area contributed by atoms with Crippen molar-refractivity contribution in [2.45, 2.75) is 38.5 Å². The molecule has 0 bridgehead atoms. The first-order valence-electron chi connectivity index (χ1n) is 5.81. The monoisotopic (exact) mass is 252 g/mol. The molecule has 0 radical (unpaired) electrons. The Morgan fingerprint density at radius 1 is 1.35 bits per heavy atom. The molecule has 1 aliphatic rings. The van der Waals surface area contributed by atoms with E-state index in [0.29, 0.717) is 11.3 Å². The van der Waals surface area contributed by atoms with E-state index in [-0.39, 0.29) is 5.82 Å². The minimum Gasteiger partial charge on any atom is -0.335 e. The normalized spacial score (nSPS) is 24.4. The van der Waals surface area contributed by atoms with Crippen molar-refractivity contribution in [2.75, 3.05) is 5.32 Å². The number of nitrogens with zero attached hydrogens (tertiary/aromatic N) is 1. The molecular formula is C13H17FN2S. The van der Waals surface area contributed by atoms with Gasteiger partial charge in [0, 0.05) is 10.9 Å². The van der Waals surface area contributed by atoms with Crippen molar-refractivity contribution in [1.29, 1.82) is 0 Å². The van der Waals surface area contributed by atoms with Gasteiger partial charge >= 0.3 is 0 Å². The molecule has 0 fully saturated rings. The Morgan fingerprint density at radius 2 is 2.12 bits per heavy atom. The molecule has 1 heterocycles. The summed E-state index contributed by atoms with van der Waals surface area (Å²) >= 11 is 1.71. The average molecular weight is 252 g/mol. The second-order valence-electron chi connectivity index (χ2n) is 4.59. The van der Waals surface area contributed by atoms with Gasteiger partial charge in [0.05, 0.1) is 6.04 Å². The lowest BCUT2D eigenvalue weighted by Gasteiger charge is -2.23. The predicted molar refractivity (Wildman–Crippen MR) is 73.3 cm³/mol. The van der Waals surface area contributed by atoms with Crippen molar-refractivity contribution >= 4 is 22.6 Å². The Kier molecular flexibility index (Phi) is 3.72. The zero-order chi connectivity index (χ0) is 12.4. The summed E-state index contributed by atoms with van der Waals surface area (Å²) in [5.74, 6) is -0.213. The van der Waals surface area contributed by atoms with E-state index in [2.05, 4.69) is 24.2 Å². The van der Waals surface area contributed by atoms with Gasteiger partial charge in [-0.3, -0.25) is 4.99 Å². The molecule has 1 aromatic rings. The molecule has 2 unspecified atom stereocenters. The summed E-state index contributed by atoms with van der Waals surface area (Å²) < 4.78 is 13.2. The molecule has 1 N–H and O–H groups in total. The number of aryl methyl sites for hydroxylation is 1. The highest BCUT2D eigenvalue weighted by atomic mass is 32.2. The standard InChI is InChI=1S/C13H17FN2S/c1-8-4-11(14)7-12(5-8)16-13-15-9(2)6-10(3)17-13/h4-5,7,9-10H,6H2,1-3H3,(H,15,16). The first kappa shape index (κ1) is 12.4. The molecule has 4 heteroatoms. The highest BCUT2D eigenvalue weighted by molar-refractivity contribution is 8.14. The number of benzene rings is 1. The van der Waals surface area contributed by atoms with Gasteiger partial charge in [0.15, 0.2) is 5.17 Å². The molecule has 17 heavy (non-hydrogen) atoms. The van der Waals surface area contributed by atoms with Gasteiger partial charge in [-0.15, -0.1) is 0 Å². The Balaban J connectivity index is 2.15. The zero-order valence-electron chi connectivity index (χ0n) is 10.3. The van der Waals surface area contributed by atoms with Gasteiger partial charge in [0.2, 0.25) is 0 Å². The van der Waals surface area contributed by atoms with E-state index in [1.807, 2.05) is 13.0 Å². The van der Waals surface area contributed by atoms with Crippen molar-refractivity contribution in [3.8, 4) is 0 Å². The molecule has 0 saturated carbocycles. The van der Waals surface area contributed by atoms with Crippen LogP contribution >= 0.6 is 11.8 Å².